The van der Waals surface area contributed by atoms with E-state index in [4.69, 9.17) is 9.47 Å². The fourth-order valence-electron chi connectivity index (χ4n) is 3.27. The van der Waals surface area contributed by atoms with Crippen molar-refractivity contribution in [3.63, 3.8) is 0 Å². The highest BCUT2D eigenvalue weighted by molar-refractivity contribution is 7.98. The van der Waals surface area contributed by atoms with Crippen LogP contribution in [0, 0.1) is 0 Å². The van der Waals surface area contributed by atoms with Crippen LogP contribution in [0.1, 0.15) is 50.8 Å². The molecular weight excluding hydrogens is 306 g/mol. The van der Waals surface area contributed by atoms with Gasteiger partial charge in [0.1, 0.15) is 0 Å². The Hall–Kier alpha value is -1.13. The number of hydrogen-bond acceptors (Lipinski definition) is 4. The average Bonchev–Trinajstić information content (AvgIpc) is 2.52. The molecule has 3 nitrogen and oxygen atoms in total. The molecule has 0 N–H and O–H groups in total. The molecule has 0 saturated heterocycles. The number of hydrogen-bond donors (Lipinski definition) is 0. The minimum absolute atomic E-state index is 0.208. The Bertz CT molecular complexity index is 557. The number of methoxy groups -OCH3 is 2. The number of ether oxygens (including phenoxy) is 2. The Labute approximate surface area is 145 Å². The lowest BCUT2D eigenvalue weighted by molar-refractivity contribution is 0.346. The van der Waals surface area contributed by atoms with Crippen molar-refractivity contribution in [2.24, 2.45) is 0 Å². The summed E-state index contributed by atoms with van der Waals surface area (Å²) in [5.74, 6) is 1.60. The topological polar surface area (TPSA) is 21.7 Å². The highest BCUT2D eigenvalue weighted by atomic mass is 32.2. The van der Waals surface area contributed by atoms with Crippen LogP contribution < -0.4 is 9.47 Å². The third kappa shape index (κ3) is 4.04. The fourth-order valence-corrected chi connectivity index (χ4v) is 4.69. The molecule has 1 heterocycles. The van der Waals surface area contributed by atoms with Gasteiger partial charge in [-0.15, -0.1) is 6.58 Å². The summed E-state index contributed by atoms with van der Waals surface area (Å²) < 4.78 is 13.6. The van der Waals surface area contributed by atoms with Crippen molar-refractivity contribution in [3.8, 4) is 11.5 Å². The van der Waals surface area contributed by atoms with Gasteiger partial charge >= 0.3 is 0 Å². The van der Waals surface area contributed by atoms with Gasteiger partial charge in [0.15, 0.2) is 11.5 Å². The van der Waals surface area contributed by atoms with Gasteiger partial charge in [-0.2, -0.15) is 0 Å². The lowest BCUT2D eigenvalue weighted by Crippen LogP contribution is -2.33. The van der Waals surface area contributed by atoms with E-state index >= 15 is 0 Å². The summed E-state index contributed by atoms with van der Waals surface area (Å²) >= 11 is 1.96. The smallest absolute Gasteiger partial charge is 0.161 e. The molecule has 1 unspecified atom stereocenters. The van der Waals surface area contributed by atoms with Crippen LogP contribution in [0.15, 0.2) is 24.8 Å². The van der Waals surface area contributed by atoms with Gasteiger partial charge in [-0.3, -0.25) is 0 Å². The standard InChI is InChI=1S/C19H29NO2S/c1-7-10-19(3,4)23-20-11-9-14-12-17(21-5)18(22-6)13-15(14)16(20)8-2/h8,12-13,16H,2,7,9-11H2,1,3-6H3. The molecule has 23 heavy (non-hydrogen) atoms. The van der Waals surface area contributed by atoms with Crippen LogP contribution in [0.5, 0.6) is 11.5 Å². The molecule has 0 aliphatic carbocycles. The van der Waals surface area contributed by atoms with Crippen molar-refractivity contribution < 1.29 is 9.47 Å². The number of fused-ring (bicyclic) bond motifs is 1. The van der Waals surface area contributed by atoms with Gasteiger partial charge in [0.2, 0.25) is 0 Å². The predicted molar refractivity (Wildman–Crippen MR) is 99.5 cm³/mol. The average molecular weight is 336 g/mol. The minimum Gasteiger partial charge on any atom is -0.493 e. The van der Waals surface area contributed by atoms with E-state index < -0.39 is 0 Å². The highest BCUT2D eigenvalue weighted by Gasteiger charge is 2.31. The van der Waals surface area contributed by atoms with Gasteiger partial charge in [0.25, 0.3) is 0 Å². The van der Waals surface area contributed by atoms with Crippen molar-refractivity contribution >= 4 is 11.9 Å². The first-order chi connectivity index (χ1) is 11.0. The predicted octanol–water partition coefficient (Wildman–Crippen LogP) is 5.02. The molecule has 0 amide bonds. The molecule has 0 fully saturated rings. The van der Waals surface area contributed by atoms with Crippen LogP contribution >= 0.6 is 11.9 Å². The van der Waals surface area contributed by atoms with E-state index in [1.54, 1.807) is 14.2 Å². The Morgan fingerprint density at radius 1 is 1.30 bits per heavy atom. The van der Waals surface area contributed by atoms with Crippen LogP contribution in [-0.4, -0.2) is 29.8 Å². The molecule has 0 bridgehead atoms. The zero-order valence-corrected chi connectivity index (χ0v) is 15.8. The van der Waals surface area contributed by atoms with Crippen molar-refractivity contribution in [2.75, 3.05) is 20.8 Å². The Balaban J connectivity index is 2.32. The van der Waals surface area contributed by atoms with Crippen molar-refractivity contribution in [2.45, 2.75) is 50.8 Å². The zero-order chi connectivity index (χ0) is 17.0. The molecule has 0 spiro atoms. The van der Waals surface area contributed by atoms with Crippen LogP contribution in [0.2, 0.25) is 0 Å². The highest BCUT2D eigenvalue weighted by Crippen LogP contribution is 2.44. The van der Waals surface area contributed by atoms with Crippen LogP contribution in [0.4, 0.5) is 0 Å². The van der Waals surface area contributed by atoms with E-state index in [1.807, 2.05) is 18.0 Å². The van der Waals surface area contributed by atoms with E-state index in [1.165, 1.54) is 24.0 Å². The maximum Gasteiger partial charge on any atom is 0.161 e. The molecule has 0 aromatic heterocycles. The molecule has 2 rings (SSSR count). The molecule has 4 heteroatoms. The third-order valence-corrected chi connectivity index (χ3v) is 5.66. The molecule has 1 aliphatic rings. The van der Waals surface area contributed by atoms with E-state index in [9.17, 15) is 0 Å². The number of rotatable bonds is 7. The second kappa shape index (κ2) is 7.63. The van der Waals surface area contributed by atoms with E-state index in [-0.39, 0.29) is 10.8 Å². The first-order valence-electron chi connectivity index (χ1n) is 8.29. The second-order valence-electron chi connectivity index (χ2n) is 6.58. The second-order valence-corrected chi connectivity index (χ2v) is 8.33. The first-order valence-corrected chi connectivity index (χ1v) is 9.06. The summed E-state index contributed by atoms with van der Waals surface area (Å²) in [6.45, 7) is 12.0. The molecule has 128 valence electrons. The Morgan fingerprint density at radius 3 is 2.52 bits per heavy atom. The maximum absolute atomic E-state index is 5.49. The molecule has 1 aromatic carbocycles. The monoisotopic (exact) mass is 335 g/mol. The van der Waals surface area contributed by atoms with E-state index in [0.717, 1.165) is 24.5 Å². The largest absolute Gasteiger partial charge is 0.493 e. The maximum atomic E-state index is 5.49. The van der Waals surface area contributed by atoms with E-state index in [0.29, 0.717) is 0 Å². The summed E-state index contributed by atoms with van der Waals surface area (Å²) in [4.78, 5) is 0. The normalized spacial score (nSPS) is 18.4. The van der Waals surface area contributed by atoms with Gasteiger partial charge in [-0.25, -0.2) is 4.31 Å². The Kier molecular flexibility index (Phi) is 6.04. The van der Waals surface area contributed by atoms with Gasteiger partial charge in [0, 0.05) is 11.3 Å². The first kappa shape index (κ1) is 18.2. The van der Waals surface area contributed by atoms with Crippen molar-refractivity contribution in [1.29, 1.82) is 0 Å². The van der Waals surface area contributed by atoms with Crippen molar-refractivity contribution in [3.05, 3.63) is 35.9 Å². The lowest BCUT2D eigenvalue weighted by Gasteiger charge is -2.39. The molecular formula is C19H29NO2S. The van der Waals surface area contributed by atoms with Gasteiger partial charge < -0.3 is 9.47 Å². The SMILES string of the molecule is C=CC1c2cc(OC)c(OC)cc2CCN1SC(C)(C)CCC. The zero-order valence-electron chi connectivity index (χ0n) is 15.0. The summed E-state index contributed by atoms with van der Waals surface area (Å²) in [5, 5.41) is 0. The van der Waals surface area contributed by atoms with Gasteiger partial charge in [-0.05, 0) is 49.9 Å². The van der Waals surface area contributed by atoms with Crippen LogP contribution in [0.25, 0.3) is 0 Å². The molecule has 0 radical (unpaired) electrons. The minimum atomic E-state index is 0.208. The molecule has 1 aromatic rings. The van der Waals surface area contributed by atoms with Gasteiger partial charge in [0.05, 0.1) is 20.3 Å². The number of benzene rings is 1. The summed E-state index contributed by atoms with van der Waals surface area (Å²) in [6.07, 6.45) is 5.47. The van der Waals surface area contributed by atoms with Crippen molar-refractivity contribution in [1.82, 2.24) is 4.31 Å². The summed E-state index contributed by atoms with van der Waals surface area (Å²) in [7, 11) is 3.38. The van der Waals surface area contributed by atoms with E-state index in [2.05, 4.69) is 43.8 Å². The Morgan fingerprint density at radius 2 is 1.96 bits per heavy atom. The molecule has 1 atom stereocenters. The molecule has 0 saturated carbocycles. The molecule has 1 aliphatic heterocycles. The number of nitrogens with zero attached hydrogens (tertiary/aromatic N) is 1. The quantitative estimate of drug-likeness (QED) is 0.515. The lowest BCUT2D eigenvalue weighted by atomic mass is 9.93. The van der Waals surface area contributed by atoms with Crippen LogP contribution in [-0.2, 0) is 6.42 Å². The third-order valence-electron chi connectivity index (χ3n) is 4.32. The fraction of sp³-hybridized carbons (Fsp3) is 0.579. The summed E-state index contributed by atoms with van der Waals surface area (Å²) in [5.41, 5.74) is 2.61. The van der Waals surface area contributed by atoms with Crippen LogP contribution in [0.3, 0.4) is 0 Å². The van der Waals surface area contributed by atoms with Gasteiger partial charge in [-0.1, -0.05) is 31.4 Å². The summed E-state index contributed by atoms with van der Waals surface area (Å²) in [6, 6.07) is 4.43.